The van der Waals surface area contributed by atoms with Crippen LogP contribution in [0.1, 0.15) is 41.5 Å². The molecular formula is C52H77NO10Si4. The standard InChI is InChI=1S/C52H77NO10Si4/c1-49(2,3)66(42-25-17-13-18-26-42,43-27-19-14-20-28-43)61-38-46-51(55,39-53-63-67(50(4,5)6,44-29-21-15-22-30-44)45-31-23-16-24-32-45)52(56,48(54)62-46)47(60-41-58-34-36-65(10,11)12)37-59-40-57-33-35-64(7,8)9/h13-32,39,46-47,55-56H,33-38,40-41H2,1-12H3/b53-39+/t46-,47-,51+,52+/m1/s1. The van der Waals surface area contributed by atoms with Crippen molar-refractivity contribution < 1.29 is 47.6 Å². The number of carbonyl (C=O) groups is 1. The Kier molecular flexibility index (Phi) is 18.2. The zero-order valence-corrected chi connectivity index (χ0v) is 46.0. The first-order valence-electron chi connectivity index (χ1n) is 23.5. The van der Waals surface area contributed by atoms with Crippen LogP contribution in [0, 0.1) is 0 Å². The summed E-state index contributed by atoms with van der Waals surface area (Å²) in [5.41, 5.74) is -5.41. The fourth-order valence-corrected chi connectivity index (χ4v) is 18.9. The number of hydrogen-bond acceptors (Lipinski definition) is 11. The molecule has 1 fully saturated rings. The van der Waals surface area contributed by atoms with Crippen LogP contribution in [0.4, 0.5) is 0 Å². The van der Waals surface area contributed by atoms with E-state index in [0.29, 0.717) is 13.2 Å². The molecule has 67 heavy (non-hydrogen) atoms. The highest BCUT2D eigenvalue weighted by Crippen LogP contribution is 2.43. The van der Waals surface area contributed by atoms with Crippen LogP contribution in [-0.4, -0.2) is 119 Å². The Morgan fingerprint density at radius 1 is 0.627 bits per heavy atom. The summed E-state index contributed by atoms with van der Waals surface area (Å²) in [6.07, 6.45) is -1.90. The van der Waals surface area contributed by atoms with Crippen molar-refractivity contribution in [1.82, 2.24) is 0 Å². The number of nitrogens with zero attached hydrogens (tertiary/aromatic N) is 1. The van der Waals surface area contributed by atoms with E-state index in [0.717, 1.165) is 39.0 Å². The first-order valence-corrected chi connectivity index (χ1v) is 34.7. The van der Waals surface area contributed by atoms with Gasteiger partial charge < -0.3 is 42.9 Å². The molecule has 0 spiro atoms. The Morgan fingerprint density at radius 2 is 1.03 bits per heavy atom. The number of rotatable bonds is 24. The van der Waals surface area contributed by atoms with Crippen molar-refractivity contribution in [2.75, 3.05) is 40.0 Å². The molecule has 4 aromatic carbocycles. The molecule has 0 amide bonds. The lowest BCUT2D eigenvalue weighted by molar-refractivity contribution is -0.220. The molecule has 0 unspecified atom stereocenters. The second-order valence-electron chi connectivity index (χ2n) is 22.1. The molecule has 0 radical (unpaired) electrons. The molecule has 366 valence electrons. The van der Waals surface area contributed by atoms with Gasteiger partial charge in [-0.2, -0.15) is 0 Å². The van der Waals surface area contributed by atoms with Crippen molar-refractivity contribution in [2.24, 2.45) is 5.16 Å². The number of cyclic esters (lactones) is 1. The Balaban J connectivity index is 1.64. The fraction of sp³-hybridized carbons (Fsp3) is 0.500. The zero-order chi connectivity index (χ0) is 49.2. The van der Waals surface area contributed by atoms with Gasteiger partial charge in [0.15, 0.2) is 11.7 Å². The molecule has 0 bridgehead atoms. The van der Waals surface area contributed by atoms with E-state index < -0.39 is 72.2 Å². The summed E-state index contributed by atoms with van der Waals surface area (Å²) in [5.74, 6) is -1.13. The number of ether oxygens (including phenoxy) is 5. The molecule has 1 heterocycles. The topological polar surface area (TPSA) is 135 Å². The molecule has 11 nitrogen and oxygen atoms in total. The van der Waals surface area contributed by atoms with Gasteiger partial charge in [-0.05, 0) is 37.9 Å². The monoisotopic (exact) mass is 987 g/mol. The van der Waals surface area contributed by atoms with Crippen molar-refractivity contribution in [3.05, 3.63) is 121 Å². The fourth-order valence-electron chi connectivity index (χ4n) is 8.73. The number of hydrogen-bond donors (Lipinski definition) is 2. The van der Waals surface area contributed by atoms with Crippen LogP contribution < -0.4 is 20.7 Å². The third-order valence-corrected chi connectivity index (χ3v) is 25.8. The lowest BCUT2D eigenvalue weighted by Gasteiger charge is -2.44. The summed E-state index contributed by atoms with van der Waals surface area (Å²) in [4.78, 5) is 14.7. The van der Waals surface area contributed by atoms with Gasteiger partial charge in [-0.15, -0.1) is 5.16 Å². The number of aliphatic hydroxyl groups is 2. The predicted molar refractivity (Wildman–Crippen MR) is 279 cm³/mol. The summed E-state index contributed by atoms with van der Waals surface area (Å²) < 4.78 is 44.5. The van der Waals surface area contributed by atoms with Gasteiger partial charge in [0.25, 0.3) is 8.32 Å². The number of esters is 1. The van der Waals surface area contributed by atoms with Gasteiger partial charge >= 0.3 is 14.3 Å². The van der Waals surface area contributed by atoms with Gasteiger partial charge in [0.2, 0.25) is 5.60 Å². The summed E-state index contributed by atoms with van der Waals surface area (Å²) in [6, 6.07) is 41.8. The highest BCUT2D eigenvalue weighted by atomic mass is 28.4. The highest BCUT2D eigenvalue weighted by Gasteiger charge is 2.71. The number of carbonyl (C=O) groups excluding carboxylic acids is 1. The molecule has 15 heteroatoms. The van der Waals surface area contributed by atoms with Crippen LogP contribution in [0.3, 0.4) is 0 Å². The molecule has 2 N–H and O–H groups in total. The van der Waals surface area contributed by atoms with Crippen molar-refractivity contribution >= 4 is 65.7 Å². The first-order chi connectivity index (χ1) is 31.4. The third-order valence-electron chi connectivity index (χ3n) is 12.6. The van der Waals surface area contributed by atoms with Crippen LogP contribution in [-0.2, 0) is 37.4 Å². The number of oxime groups is 1. The van der Waals surface area contributed by atoms with Gasteiger partial charge in [0, 0.05) is 34.4 Å². The quantitative estimate of drug-likeness (QED) is 0.0181. The van der Waals surface area contributed by atoms with Gasteiger partial charge in [0.1, 0.15) is 19.7 Å². The normalized spacial score (nSPS) is 20.3. The van der Waals surface area contributed by atoms with E-state index in [1.807, 2.05) is 97.1 Å². The lowest BCUT2D eigenvalue weighted by atomic mass is 9.78. The van der Waals surface area contributed by atoms with Gasteiger partial charge in [0.05, 0.1) is 19.4 Å². The molecule has 4 aromatic rings. The maximum Gasteiger partial charge on any atom is 0.354 e. The second-order valence-corrected chi connectivity index (χ2v) is 41.9. The average Bonchev–Trinajstić information content (AvgIpc) is 3.46. The molecule has 1 saturated heterocycles. The molecule has 0 aromatic heterocycles. The van der Waals surface area contributed by atoms with Crippen LogP contribution in [0.15, 0.2) is 126 Å². The Labute approximate surface area is 404 Å². The summed E-state index contributed by atoms with van der Waals surface area (Å²) in [6.45, 7) is 26.1. The van der Waals surface area contributed by atoms with Crippen LogP contribution in [0.5, 0.6) is 0 Å². The maximum atomic E-state index is 14.7. The summed E-state index contributed by atoms with van der Waals surface area (Å²) in [5, 5.41) is 34.2. The average molecular weight is 989 g/mol. The molecule has 1 aliphatic rings. The third kappa shape index (κ3) is 12.6. The SMILES string of the molecule is CC(C)(C)[Si](OC[C@H]1OC(=O)[C@@](O)([C@@H](COCOCC[Si](C)(C)C)OCOCC[Si](C)(C)C)[C@]1(O)/C=N/O[Si](c1ccccc1)(c1ccccc1)C(C)(C)C)(c1ccccc1)c1ccccc1. The molecular weight excluding hydrogens is 911 g/mol. The molecule has 0 aliphatic carbocycles. The summed E-state index contributed by atoms with van der Waals surface area (Å²) in [7, 11) is -9.49. The van der Waals surface area contributed by atoms with Crippen molar-refractivity contribution in [1.29, 1.82) is 0 Å². The zero-order valence-electron chi connectivity index (χ0n) is 42.0. The van der Waals surface area contributed by atoms with Gasteiger partial charge in [-0.1, -0.05) is 202 Å². The lowest BCUT2D eigenvalue weighted by Crippen LogP contribution is -2.70. The van der Waals surface area contributed by atoms with Gasteiger partial charge in [-0.3, -0.25) is 0 Å². The second kappa shape index (κ2) is 22.4. The predicted octanol–water partition coefficient (Wildman–Crippen LogP) is 7.54. The number of benzene rings is 4. The van der Waals surface area contributed by atoms with E-state index in [2.05, 4.69) is 110 Å². The Morgan fingerprint density at radius 3 is 1.43 bits per heavy atom. The van der Waals surface area contributed by atoms with Gasteiger partial charge in [-0.25, -0.2) is 4.79 Å². The summed E-state index contributed by atoms with van der Waals surface area (Å²) >= 11 is 0. The molecule has 1 aliphatic heterocycles. The van der Waals surface area contributed by atoms with E-state index in [1.165, 1.54) is 0 Å². The van der Waals surface area contributed by atoms with E-state index in [4.69, 9.17) is 32.6 Å². The molecule has 4 atom stereocenters. The molecule has 0 saturated carbocycles. The van der Waals surface area contributed by atoms with Crippen molar-refractivity contribution in [3.63, 3.8) is 0 Å². The Bertz CT molecular complexity index is 2080. The molecule has 5 rings (SSSR count). The first kappa shape index (κ1) is 54.3. The van der Waals surface area contributed by atoms with E-state index >= 15 is 0 Å². The largest absolute Gasteiger partial charge is 0.454 e. The van der Waals surface area contributed by atoms with Crippen LogP contribution in [0.2, 0.25) is 61.4 Å². The highest BCUT2D eigenvalue weighted by molar-refractivity contribution is 7.00. The minimum atomic E-state index is -3.35. The van der Waals surface area contributed by atoms with E-state index in [-0.39, 0.29) is 26.8 Å². The smallest absolute Gasteiger partial charge is 0.354 e. The van der Waals surface area contributed by atoms with Crippen LogP contribution in [0.25, 0.3) is 0 Å². The van der Waals surface area contributed by atoms with E-state index in [9.17, 15) is 15.0 Å². The maximum absolute atomic E-state index is 14.7. The van der Waals surface area contributed by atoms with Crippen molar-refractivity contribution in [3.8, 4) is 0 Å². The minimum Gasteiger partial charge on any atom is -0.454 e. The van der Waals surface area contributed by atoms with E-state index in [1.54, 1.807) is 0 Å². The minimum absolute atomic E-state index is 0.129. The Hall–Kier alpha value is -3.59. The van der Waals surface area contributed by atoms with Crippen LogP contribution >= 0.6 is 0 Å². The van der Waals surface area contributed by atoms with Crippen molar-refractivity contribution in [2.45, 2.75) is 126 Å².